The van der Waals surface area contributed by atoms with E-state index in [-0.39, 0.29) is 11.7 Å². The smallest absolute Gasteiger partial charge is 0.354 e. The number of amides is 2. The number of benzene rings is 1. The largest absolute Gasteiger partial charge is 0.477 e. The minimum atomic E-state index is -1.19. The van der Waals surface area contributed by atoms with Crippen molar-refractivity contribution in [3.05, 3.63) is 33.9 Å². The SMILES string of the molecule is O=C(O)c1cc(NC(=O)N2CCCCC2)c2c(Cl)cc(Cl)cc2n1. The standard InChI is InChI=1S/C16H15Cl2N3O3/c17-9-6-10(18)14-11(7-9)19-13(15(22)23)8-12(14)20-16(24)21-4-2-1-3-5-21/h6-8H,1-5H2,(H,22,23)(H,19,20,24). The van der Waals surface area contributed by atoms with Gasteiger partial charge >= 0.3 is 12.0 Å². The van der Waals surface area contributed by atoms with Gasteiger partial charge in [0.1, 0.15) is 0 Å². The summed E-state index contributed by atoms with van der Waals surface area (Å²) in [5.41, 5.74) is 0.450. The Morgan fingerprint density at radius 3 is 2.50 bits per heavy atom. The molecule has 1 fully saturated rings. The van der Waals surface area contributed by atoms with Gasteiger partial charge in [-0.3, -0.25) is 0 Å². The molecule has 1 saturated heterocycles. The van der Waals surface area contributed by atoms with Crippen molar-refractivity contribution in [1.29, 1.82) is 0 Å². The molecule has 0 atom stereocenters. The summed E-state index contributed by atoms with van der Waals surface area (Å²) >= 11 is 12.2. The van der Waals surface area contributed by atoms with Crippen LogP contribution in [0.4, 0.5) is 10.5 Å². The van der Waals surface area contributed by atoms with Crippen LogP contribution in [0.2, 0.25) is 10.0 Å². The highest BCUT2D eigenvalue weighted by Gasteiger charge is 2.20. The highest BCUT2D eigenvalue weighted by Crippen LogP contribution is 2.33. The molecule has 3 rings (SSSR count). The van der Waals surface area contributed by atoms with Crippen LogP contribution in [0.25, 0.3) is 10.9 Å². The van der Waals surface area contributed by atoms with Crippen molar-refractivity contribution in [2.24, 2.45) is 0 Å². The number of aromatic nitrogens is 1. The van der Waals surface area contributed by atoms with Gasteiger partial charge in [-0.2, -0.15) is 0 Å². The number of urea groups is 1. The molecule has 6 nitrogen and oxygen atoms in total. The van der Waals surface area contributed by atoms with Gasteiger partial charge in [0.25, 0.3) is 0 Å². The number of halogens is 2. The second-order valence-corrected chi connectivity index (χ2v) is 6.46. The molecule has 0 bridgehead atoms. The molecule has 8 heteroatoms. The molecule has 24 heavy (non-hydrogen) atoms. The third-order valence-corrected chi connectivity index (χ3v) is 4.45. The number of pyridine rings is 1. The Morgan fingerprint density at radius 2 is 1.83 bits per heavy atom. The van der Waals surface area contributed by atoms with Crippen LogP contribution in [0.1, 0.15) is 29.8 Å². The summed E-state index contributed by atoms with van der Waals surface area (Å²) in [4.78, 5) is 29.5. The molecule has 2 N–H and O–H groups in total. The van der Waals surface area contributed by atoms with Gasteiger partial charge in [0.05, 0.1) is 16.2 Å². The number of fused-ring (bicyclic) bond motifs is 1. The van der Waals surface area contributed by atoms with Crippen LogP contribution in [0.15, 0.2) is 18.2 Å². The van der Waals surface area contributed by atoms with Gasteiger partial charge < -0.3 is 15.3 Å². The van der Waals surface area contributed by atoms with Crippen molar-refractivity contribution >= 4 is 51.8 Å². The summed E-state index contributed by atoms with van der Waals surface area (Å²) in [6.45, 7) is 1.36. The number of anilines is 1. The second-order valence-electron chi connectivity index (χ2n) is 5.62. The van der Waals surface area contributed by atoms with Crippen LogP contribution >= 0.6 is 23.2 Å². The van der Waals surface area contributed by atoms with E-state index in [2.05, 4.69) is 10.3 Å². The van der Waals surface area contributed by atoms with Gasteiger partial charge in [0, 0.05) is 23.5 Å². The summed E-state index contributed by atoms with van der Waals surface area (Å²) in [6.07, 6.45) is 3.03. The van der Waals surface area contributed by atoms with Crippen molar-refractivity contribution in [1.82, 2.24) is 9.88 Å². The van der Waals surface area contributed by atoms with E-state index in [1.807, 2.05) is 0 Å². The van der Waals surface area contributed by atoms with Gasteiger partial charge in [0.15, 0.2) is 5.69 Å². The molecule has 0 unspecified atom stereocenters. The van der Waals surface area contributed by atoms with Crippen LogP contribution < -0.4 is 5.32 Å². The molecule has 1 aromatic heterocycles. The molecule has 0 aliphatic carbocycles. The number of carboxylic acid groups (broad SMARTS) is 1. The number of piperidine rings is 1. The lowest BCUT2D eigenvalue weighted by atomic mass is 10.1. The maximum Gasteiger partial charge on any atom is 0.354 e. The zero-order valence-corrected chi connectivity index (χ0v) is 14.2. The van der Waals surface area contributed by atoms with Crippen molar-refractivity contribution in [2.75, 3.05) is 18.4 Å². The van der Waals surface area contributed by atoms with E-state index in [1.54, 1.807) is 4.90 Å². The van der Waals surface area contributed by atoms with E-state index in [1.165, 1.54) is 18.2 Å². The Kier molecular flexibility index (Phi) is 4.78. The van der Waals surface area contributed by atoms with Gasteiger partial charge in [-0.05, 0) is 37.5 Å². The average Bonchev–Trinajstić information content (AvgIpc) is 2.54. The van der Waals surface area contributed by atoms with E-state index >= 15 is 0 Å². The quantitative estimate of drug-likeness (QED) is 0.830. The fraction of sp³-hybridized carbons (Fsp3) is 0.312. The summed E-state index contributed by atoms with van der Waals surface area (Å²) in [5.74, 6) is -1.19. The van der Waals surface area contributed by atoms with Gasteiger partial charge in [-0.25, -0.2) is 14.6 Å². The zero-order chi connectivity index (χ0) is 17.3. The topological polar surface area (TPSA) is 82.5 Å². The molecule has 0 saturated carbocycles. The van der Waals surface area contributed by atoms with Crippen LogP contribution in [0.5, 0.6) is 0 Å². The fourth-order valence-electron chi connectivity index (χ4n) is 2.79. The normalized spacial score (nSPS) is 14.7. The maximum atomic E-state index is 12.4. The molecular weight excluding hydrogens is 353 g/mol. The lowest BCUT2D eigenvalue weighted by Gasteiger charge is -2.27. The van der Waals surface area contributed by atoms with Crippen LogP contribution in [-0.2, 0) is 0 Å². The van der Waals surface area contributed by atoms with Gasteiger partial charge in [0.2, 0.25) is 0 Å². The monoisotopic (exact) mass is 367 g/mol. The minimum Gasteiger partial charge on any atom is -0.477 e. The molecule has 1 aromatic carbocycles. The third-order valence-electron chi connectivity index (χ3n) is 3.93. The predicted octanol–water partition coefficient (Wildman–Crippen LogP) is 4.26. The molecule has 126 valence electrons. The second kappa shape index (κ2) is 6.83. The lowest BCUT2D eigenvalue weighted by Crippen LogP contribution is -2.38. The Labute approximate surface area is 148 Å². The summed E-state index contributed by atoms with van der Waals surface area (Å²) in [6, 6.07) is 4.09. The maximum absolute atomic E-state index is 12.4. The summed E-state index contributed by atoms with van der Waals surface area (Å²) in [5, 5.41) is 13.1. The van der Waals surface area contributed by atoms with Crippen LogP contribution in [0, 0.1) is 0 Å². The van der Waals surface area contributed by atoms with E-state index < -0.39 is 5.97 Å². The first-order valence-electron chi connectivity index (χ1n) is 7.55. The molecule has 1 aliphatic heterocycles. The molecule has 0 radical (unpaired) electrons. The fourth-order valence-corrected chi connectivity index (χ4v) is 3.37. The minimum absolute atomic E-state index is 0.185. The van der Waals surface area contributed by atoms with Gasteiger partial charge in [-0.1, -0.05) is 23.2 Å². The number of aromatic carboxylic acids is 1. The number of carbonyl (C=O) groups excluding carboxylic acids is 1. The first-order chi connectivity index (χ1) is 11.5. The molecule has 1 aliphatic rings. The number of hydrogen-bond acceptors (Lipinski definition) is 3. The van der Waals surface area contributed by atoms with Crippen LogP contribution in [-0.4, -0.2) is 40.1 Å². The molecule has 0 spiro atoms. The summed E-state index contributed by atoms with van der Waals surface area (Å²) < 4.78 is 0. The first-order valence-corrected chi connectivity index (χ1v) is 8.30. The number of carbonyl (C=O) groups is 2. The van der Waals surface area contributed by atoms with Gasteiger partial charge in [-0.15, -0.1) is 0 Å². The van der Waals surface area contributed by atoms with E-state index in [0.717, 1.165) is 19.3 Å². The number of rotatable bonds is 2. The van der Waals surface area contributed by atoms with Crippen molar-refractivity contribution in [3.63, 3.8) is 0 Å². The number of nitrogens with one attached hydrogen (secondary N) is 1. The number of likely N-dealkylation sites (tertiary alicyclic amines) is 1. The molecule has 2 amide bonds. The predicted molar refractivity (Wildman–Crippen MR) is 93.2 cm³/mol. The number of hydrogen-bond donors (Lipinski definition) is 2. The number of carboxylic acids is 1. The van der Waals surface area contributed by atoms with Crippen molar-refractivity contribution in [2.45, 2.75) is 19.3 Å². The molecule has 2 aromatic rings. The Balaban J connectivity index is 2.04. The average molecular weight is 368 g/mol. The van der Waals surface area contributed by atoms with Crippen LogP contribution in [0.3, 0.4) is 0 Å². The number of nitrogens with zero attached hydrogens (tertiary/aromatic N) is 2. The highest BCUT2D eigenvalue weighted by molar-refractivity contribution is 6.39. The van der Waals surface area contributed by atoms with Crippen molar-refractivity contribution in [3.8, 4) is 0 Å². The Morgan fingerprint density at radius 1 is 1.12 bits per heavy atom. The molecular formula is C16H15Cl2N3O3. The van der Waals surface area contributed by atoms with E-state index in [0.29, 0.717) is 39.7 Å². The van der Waals surface area contributed by atoms with Crippen molar-refractivity contribution < 1.29 is 14.7 Å². The third kappa shape index (κ3) is 3.39. The Hall–Kier alpha value is -2.05. The zero-order valence-electron chi connectivity index (χ0n) is 12.7. The Bertz CT molecular complexity index is 820. The highest BCUT2D eigenvalue weighted by atomic mass is 35.5. The molecule has 2 heterocycles. The summed E-state index contributed by atoms with van der Waals surface area (Å²) in [7, 11) is 0. The van der Waals surface area contributed by atoms with E-state index in [4.69, 9.17) is 23.2 Å². The first kappa shape index (κ1) is 16.8. The van der Waals surface area contributed by atoms with E-state index in [9.17, 15) is 14.7 Å². The lowest BCUT2D eigenvalue weighted by molar-refractivity contribution is 0.0691.